The molecule has 0 saturated heterocycles. The smallest absolute Gasteiger partial charge is 0.243 e. The molecule has 1 N–H and O–H groups in total. The van der Waals surface area contributed by atoms with Crippen molar-refractivity contribution in [2.45, 2.75) is 19.5 Å². The fourth-order valence-electron chi connectivity index (χ4n) is 2.23. The quantitative estimate of drug-likeness (QED) is 0.848. The molecule has 0 bridgehead atoms. The fourth-order valence-corrected chi connectivity index (χ4v) is 3.54. The molecule has 8 heteroatoms. The van der Waals surface area contributed by atoms with Crippen molar-refractivity contribution in [2.75, 3.05) is 10.6 Å². The molecule has 0 aliphatic carbocycles. The summed E-state index contributed by atoms with van der Waals surface area (Å²) in [5, 5.41) is 3.22. The number of nitrogens with one attached hydrogen (secondary N) is 1. The average Bonchev–Trinajstić information content (AvgIpc) is 2.54. The lowest BCUT2D eigenvalue weighted by Crippen LogP contribution is -2.47. The van der Waals surface area contributed by atoms with Crippen LogP contribution in [0.15, 0.2) is 48.8 Å². The number of hydrogen-bond donors (Lipinski definition) is 1. The van der Waals surface area contributed by atoms with E-state index >= 15 is 0 Å². The first-order chi connectivity index (χ1) is 11.3. The van der Waals surface area contributed by atoms with Gasteiger partial charge >= 0.3 is 0 Å². The molecule has 2 rings (SSSR count). The van der Waals surface area contributed by atoms with Gasteiger partial charge < -0.3 is 5.32 Å². The van der Waals surface area contributed by atoms with Gasteiger partial charge in [0.05, 0.1) is 11.9 Å². The van der Waals surface area contributed by atoms with Gasteiger partial charge in [0.15, 0.2) is 0 Å². The van der Waals surface area contributed by atoms with E-state index in [0.29, 0.717) is 17.3 Å². The highest BCUT2D eigenvalue weighted by Gasteiger charge is 2.28. The second-order valence-corrected chi connectivity index (χ2v) is 7.58. The topological polar surface area (TPSA) is 79.4 Å². The Morgan fingerprint density at radius 1 is 1.21 bits per heavy atom. The minimum absolute atomic E-state index is 0.296. The van der Waals surface area contributed by atoms with Gasteiger partial charge in [-0.1, -0.05) is 11.6 Å². The first-order valence-corrected chi connectivity index (χ1v) is 9.43. The molecule has 6 nitrogen and oxygen atoms in total. The minimum Gasteiger partial charge on any atom is -0.350 e. The molecular weight excluding hydrogens is 350 g/mol. The number of hydrogen-bond acceptors (Lipinski definition) is 4. The zero-order valence-electron chi connectivity index (χ0n) is 13.3. The molecule has 0 unspecified atom stereocenters. The fraction of sp³-hybridized carbons (Fsp3) is 0.250. The highest BCUT2D eigenvalue weighted by molar-refractivity contribution is 7.92. The number of carbonyl (C=O) groups excluding carboxylic acids is 1. The van der Waals surface area contributed by atoms with Gasteiger partial charge in [0.1, 0.15) is 6.04 Å². The highest BCUT2D eigenvalue weighted by atomic mass is 35.5. The van der Waals surface area contributed by atoms with Crippen molar-refractivity contribution in [3.63, 3.8) is 0 Å². The van der Waals surface area contributed by atoms with Gasteiger partial charge in [-0.2, -0.15) is 0 Å². The van der Waals surface area contributed by atoms with Crippen LogP contribution in [0.4, 0.5) is 5.69 Å². The molecule has 0 spiro atoms. The van der Waals surface area contributed by atoms with Crippen molar-refractivity contribution in [3.05, 3.63) is 59.4 Å². The summed E-state index contributed by atoms with van der Waals surface area (Å²) >= 11 is 5.84. The number of amides is 1. The van der Waals surface area contributed by atoms with E-state index < -0.39 is 22.0 Å². The van der Waals surface area contributed by atoms with Crippen molar-refractivity contribution in [1.82, 2.24) is 10.3 Å². The van der Waals surface area contributed by atoms with Crippen LogP contribution in [0.5, 0.6) is 0 Å². The monoisotopic (exact) mass is 367 g/mol. The van der Waals surface area contributed by atoms with Gasteiger partial charge in [-0.05, 0) is 48.9 Å². The Hall–Kier alpha value is -2.12. The lowest BCUT2D eigenvalue weighted by atomic mass is 10.2. The zero-order chi connectivity index (χ0) is 17.7. The normalized spacial score (nSPS) is 12.5. The van der Waals surface area contributed by atoms with Gasteiger partial charge in [0, 0.05) is 24.0 Å². The van der Waals surface area contributed by atoms with E-state index in [-0.39, 0.29) is 0 Å². The molecule has 1 heterocycles. The minimum atomic E-state index is -3.64. The van der Waals surface area contributed by atoms with E-state index in [9.17, 15) is 13.2 Å². The lowest BCUT2D eigenvalue weighted by Gasteiger charge is -2.28. The number of pyridine rings is 1. The van der Waals surface area contributed by atoms with Crippen molar-refractivity contribution in [1.29, 1.82) is 0 Å². The van der Waals surface area contributed by atoms with Crippen LogP contribution in [0.3, 0.4) is 0 Å². The van der Waals surface area contributed by atoms with Crippen LogP contribution in [0.1, 0.15) is 12.5 Å². The second-order valence-electron chi connectivity index (χ2n) is 5.28. The number of anilines is 1. The molecule has 0 saturated carbocycles. The molecule has 1 aromatic heterocycles. The molecule has 128 valence electrons. The average molecular weight is 368 g/mol. The summed E-state index contributed by atoms with van der Waals surface area (Å²) in [4.78, 5) is 16.3. The summed E-state index contributed by atoms with van der Waals surface area (Å²) < 4.78 is 25.4. The van der Waals surface area contributed by atoms with Crippen LogP contribution in [0, 0.1) is 0 Å². The third-order valence-electron chi connectivity index (χ3n) is 3.39. The van der Waals surface area contributed by atoms with Crippen molar-refractivity contribution < 1.29 is 13.2 Å². The molecule has 1 atom stereocenters. The van der Waals surface area contributed by atoms with Gasteiger partial charge in [0.2, 0.25) is 15.9 Å². The Bertz CT molecular complexity index is 795. The molecule has 2 aromatic rings. The number of halogens is 1. The molecule has 0 aliphatic heterocycles. The summed E-state index contributed by atoms with van der Waals surface area (Å²) in [6.07, 6.45) is 4.32. The number of rotatable bonds is 6. The molecule has 24 heavy (non-hydrogen) atoms. The van der Waals surface area contributed by atoms with E-state index in [0.717, 1.165) is 16.1 Å². The van der Waals surface area contributed by atoms with Crippen molar-refractivity contribution in [3.8, 4) is 0 Å². The second kappa shape index (κ2) is 7.63. The number of carbonyl (C=O) groups is 1. The third-order valence-corrected chi connectivity index (χ3v) is 4.88. The first-order valence-electron chi connectivity index (χ1n) is 7.20. The molecule has 0 radical (unpaired) electrons. The molecule has 1 amide bonds. The summed E-state index contributed by atoms with van der Waals surface area (Å²) in [5.74, 6) is -0.396. The summed E-state index contributed by atoms with van der Waals surface area (Å²) in [7, 11) is -3.64. The van der Waals surface area contributed by atoms with E-state index in [4.69, 9.17) is 11.6 Å². The molecule has 1 aromatic carbocycles. The van der Waals surface area contributed by atoms with Crippen LogP contribution in [-0.2, 0) is 21.4 Å². The maximum absolute atomic E-state index is 12.4. The number of nitrogens with zero attached hydrogens (tertiary/aromatic N) is 2. The van der Waals surface area contributed by atoms with Crippen molar-refractivity contribution in [2.24, 2.45) is 0 Å². The predicted octanol–water partition coefficient (Wildman–Crippen LogP) is 2.21. The predicted molar refractivity (Wildman–Crippen MR) is 94.3 cm³/mol. The maximum Gasteiger partial charge on any atom is 0.243 e. The van der Waals surface area contributed by atoms with E-state index in [1.165, 1.54) is 6.92 Å². The Morgan fingerprint density at radius 3 is 2.33 bits per heavy atom. The summed E-state index contributed by atoms with van der Waals surface area (Å²) in [6, 6.07) is 8.94. The van der Waals surface area contributed by atoms with Gasteiger partial charge in [-0.25, -0.2) is 8.42 Å². The molecule has 0 fully saturated rings. The molecule has 0 aliphatic rings. The number of aromatic nitrogens is 1. The van der Waals surface area contributed by atoms with Crippen LogP contribution in [-0.4, -0.2) is 31.6 Å². The Balaban J connectivity index is 2.17. The van der Waals surface area contributed by atoms with Gasteiger partial charge in [-0.15, -0.1) is 0 Å². The van der Waals surface area contributed by atoms with E-state index in [1.807, 2.05) is 0 Å². The van der Waals surface area contributed by atoms with Crippen LogP contribution in [0.25, 0.3) is 0 Å². The van der Waals surface area contributed by atoms with E-state index in [2.05, 4.69) is 10.3 Å². The van der Waals surface area contributed by atoms with Gasteiger partial charge in [0.25, 0.3) is 0 Å². The lowest BCUT2D eigenvalue weighted by molar-refractivity contribution is -0.122. The summed E-state index contributed by atoms with van der Waals surface area (Å²) in [6.45, 7) is 1.83. The maximum atomic E-state index is 12.4. The van der Waals surface area contributed by atoms with Gasteiger partial charge in [-0.3, -0.25) is 14.1 Å². The Kier molecular flexibility index (Phi) is 5.80. The van der Waals surface area contributed by atoms with Crippen LogP contribution in [0.2, 0.25) is 5.02 Å². The number of sulfonamides is 1. The van der Waals surface area contributed by atoms with E-state index in [1.54, 1.807) is 48.8 Å². The van der Waals surface area contributed by atoms with Crippen LogP contribution >= 0.6 is 11.6 Å². The Morgan fingerprint density at radius 2 is 1.79 bits per heavy atom. The van der Waals surface area contributed by atoms with Crippen molar-refractivity contribution >= 4 is 33.2 Å². The summed E-state index contributed by atoms with van der Waals surface area (Å²) in [5.41, 5.74) is 1.26. The standard InChI is InChI=1S/C16H18ClN3O3S/c1-12(16(21)19-11-13-7-9-18-10-8-13)20(24(2,22)23)15-5-3-14(17)4-6-15/h3-10,12H,11H2,1-2H3,(H,19,21)/t12-/m0/s1. The molecular formula is C16H18ClN3O3S. The SMILES string of the molecule is C[C@@H](C(=O)NCc1ccncc1)N(c1ccc(Cl)cc1)S(C)(=O)=O. The zero-order valence-corrected chi connectivity index (χ0v) is 14.9. The Labute approximate surface area is 146 Å². The van der Waals surface area contributed by atoms with Crippen LogP contribution < -0.4 is 9.62 Å². The largest absolute Gasteiger partial charge is 0.350 e. The highest BCUT2D eigenvalue weighted by Crippen LogP contribution is 2.23. The number of benzene rings is 1. The first kappa shape index (κ1) is 18.2. The third kappa shape index (κ3) is 4.69.